The second kappa shape index (κ2) is 6.78. The van der Waals surface area contributed by atoms with Crippen molar-refractivity contribution >= 4 is 11.6 Å². The van der Waals surface area contributed by atoms with E-state index in [4.69, 9.17) is 16.0 Å². The second-order valence-corrected chi connectivity index (χ2v) is 4.95. The average Bonchev–Trinajstić information content (AvgIpc) is 3.03. The summed E-state index contributed by atoms with van der Waals surface area (Å²) in [4.78, 5) is 0. The Bertz CT molecular complexity index is 493. The lowest BCUT2D eigenvalue weighted by molar-refractivity contribution is 0.504. The summed E-state index contributed by atoms with van der Waals surface area (Å²) in [6, 6.07) is 1.99. The van der Waals surface area contributed by atoms with E-state index in [2.05, 4.69) is 24.3 Å². The van der Waals surface area contributed by atoms with Crippen molar-refractivity contribution in [2.45, 2.75) is 39.3 Å². The van der Waals surface area contributed by atoms with Gasteiger partial charge >= 0.3 is 0 Å². The van der Waals surface area contributed by atoms with Crippen LogP contribution in [0, 0.1) is 0 Å². The van der Waals surface area contributed by atoms with Crippen LogP contribution in [0.15, 0.2) is 29.2 Å². The van der Waals surface area contributed by atoms with Crippen molar-refractivity contribution in [3.63, 3.8) is 0 Å². The van der Waals surface area contributed by atoms with Crippen molar-refractivity contribution in [2.24, 2.45) is 0 Å². The first-order valence-corrected chi connectivity index (χ1v) is 7.12. The van der Waals surface area contributed by atoms with Gasteiger partial charge in [0.05, 0.1) is 35.5 Å². The third-order valence-corrected chi connectivity index (χ3v) is 3.31. The molecule has 0 spiro atoms. The van der Waals surface area contributed by atoms with E-state index < -0.39 is 0 Å². The predicted octanol–water partition coefficient (Wildman–Crippen LogP) is 3.63. The van der Waals surface area contributed by atoms with Gasteiger partial charge in [-0.3, -0.25) is 4.68 Å². The fourth-order valence-corrected chi connectivity index (χ4v) is 2.40. The van der Waals surface area contributed by atoms with Gasteiger partial charge in [0.1, 0.15) is 0 Å². The molecule has 2 aromatic heterocycles. The van der Waals surface area contributed by atoms with E-state index in [-0.39, 0.29) is 6.04 Å². The summed E-state index contributed by atoms with van der Waals surface area (Å²) in [5.74, 6) is 0. The summed E-state index contributed by atoms with van der Waals surface area (Å²) >= 11 is 6.32. The van der Waals surface area contributed by atoms with E-state index in [1.165, 1.54) is 0 Å². The number of hydrogen-bond acceptors (Lipinski definition) is 3. The molecule has 4 nitrogen and oxygen atoms in total. The van der Waals surface area contributed by atoms with Crippen molar-refractivity contribution in [2.75, 3.05) is 6.54 Å². The number of nitrogens with zero attached hydrogens (tertiary/aromatic N) is 2. The number of furan rings is 1. The molecule has 0 bridgehead atoms. The van der Waals surface area contributed by atoms with Crippen LogP contribution < -0.4 is 5.32 Å². The maximum atomic E-state index is 6.32. The number of nitrogens with one attached hydrogen (secondary N) is 1. The average molecular weight is 282 g/mol. The Morgan fingerprint density at radius 2 is 2.26 bits per heavy atom. The zero-order chi connectivity index (χ0) is 13.7. The van der Waals surface area contributed by atoms with Gasteiger partial charge in [0.25, 0.3) is 0 Å². The lowest BCUT2D eigenvalue weighted by Gasteiger charge is -2.19. The molecule has 19 heavy (non-hydrogen) atoms. The number of halogens is 1. The zero-order valence-electron chi connectivity index (χ0n) is 11.4. The predicted molar refractivity (Wildman–Crippen MR) is 76.4 cm³/mol. The molecule has 1 atom stereocenters. The van der Waals surface area contributed by atoms with Crippen LogP contribution in [0.25, 0.3) is 0 Å². The molecule has 104 valence electrons. The Kier molecular flexibility index (Phi) is 5.05. The molecule has 2 heterocycles. The highest BCUT2D eigenvalue weighted by Gasteiger charge is 2.22. The molecule has 0 fully saturated rings. The molecule has 2 aromatic rings. The van der Waals surface area contributed by atoms with Crippen LogP contribution in [-0.4, -0.2) is 16.3 Å². The van der Waals surface area contributed by atoms with Crippen LogP contribution in [0.2, 0.25) is 5.02 Å². The van der Waals surface area contributed by atoms with E-state index in [1.807, 2.05) is 10.7 Å². The summed E-state index contributed by atoms with van der Waals surface area (Å²) in [6.45, 7) is 6.06. The largest absolute Gasteiger partial charge is 0.472 e. The topological polar surface area (TPSA) is 43.0 Å². The lowest BCUT2D eigenvalue weighted by atomic mass is 10.1. The molecular weight excluding hydrogens is 262 g/mol. The first kappa shape index (κ1) is 14.2. The fourth-order valence-electron chi connectivity index (χ4n) is 2.15. The third-order valence-electron chi connectivity index (χ3n) is 3.02. The number of hydrogen-bond donors (Lipinski definition) is 1. The molecule has 0 aromatic carbocycles. The minimum Gasteiger partial charge on any atom is -0.472 e. The fraction of sp³-hybridized carbons (Fsp3) is 0.500. The molecule has 0 aliphatic heterocycles. The highest BCUT2D eigenvalue weighted by Crippen LogP contribution is 2.28. The van der Waals surface area contributed by atoms with Crippen molar-refractivity contribution < 1.29 is 4.42 Å². The monoisotopic (exact) mass is 281 g/mol. The Morgan fingerprint density at radius 1 is 1.42 bits per heavy atom. The van der Waals surface area contributed by atoms with Gasteiger partial charge < -0.3 is 9.73 Å². The van der Waals surface area contributed by atoms with Crippen molar-refractivity contribution in [3.8, 4) is 0 Å². The van der Waals surface area contributed by atoms with Gasteiger partial charge in [0.15, 0.2) is 0 Å². The normalized spacial score (nSPS) is 12.8. The van der Waals surface area contributed by atoms with E-state index in [0.29, 0.717) is 5.02 Å². The SMILES string of the molecule is CCCNC(c1ccoc1)c1c(Cl)cnn1CCC. The summed E-state index contributed by atoms with van der Waals surface area (Å²) in [5, 5.41) is 8.56. The van der Waals surface area contributed by atoms with Crippen molar-refractivity contribution in [3.05, 3.63) is 41.1 Å². The van der Waals surface area contributed by atoms with Crippen LogP contribution in [-0.2, 0) is 6.54 Å². The summed E-state index contributed by atoms with van der Waals surface area (Å²) in [7, 11) is 0. The highest BCUT2D eigenvalue weighted by atomic mass is 35.5. The number of aromatic nitrogens is 2. The molecule has 5 heteroatoms. The smallest absolute Gasteiger partial charge is 0.0954 e. The van der Waals surface area contributed by atoms with Gasteiger partial charge in [-0.1, -0.05) is 25.4 Å². The van der Waals surface area contributed by atoms with Crippen LogP contribution in [0.4, 0.5) is 0 Å². The Morgan fingerprint density at radius 3 is 2.89 bits per heavy atom. The molecule has 1 unspecified atom stereocenters. The Hall–Kier alpha value is -1.26. The summed E-state index contributed by atoms with van der Waals surface area (Å²) < 4.78 is 7.18. The van der Waals surface area contributed by atoms with Crippen LogP contribution in [0.5, 0.6) is 0 Å². The molecular formula is C14H20ClN3O. The quantitative estimate of drug-likeness (QED) is 0.843. The van der Waals surface area contributed by atoms with Crippen molar-refractivity contribution in [1.29, 1.82) is 0 Å². The summed E-state index contributed by atoms with van der Waals surface area (Å²) in [5.41, 5.74) is 2.09. The van der Waals surface area contributed by atoms with E-state index in [0.717, 1.165) is 37.2 Å². The molecule has 0 aliphatic rings. The third kappa shape index (κ3) is 3.19. The van der Waals surface area contributed by atoms with Crippen LogP contribution in [0.1, 0.15) is 44.0 Å². The van der Waals surface area contributed by atoms with Crippen LogP contribution in [0.3, 0.4) is 0 Å². The minimum absolute atomic E-state index is 0.0280. The van der Waals surface area contributed by atoms with Gasteiger partial charge in [-0.25, -0.2) is 0 Å². The molecule has 0 amide bonds. The molecule has 1 N–H and O–H groups in total. The second-order valence-electron chi connectivity index (χ2n) is 4.54. The van der Waals surface area contributed by atoms with Crippen LogP contribution >= 0.6 is 11.6 Å². The molecule has 2 rings (SSSR count). The van der Waals surface area contributed by atoms with E-state index in [9.17, 15) is 0 Å². The maximum Gasteiger partial charge on any atom is 0.0954 e. The molecule has 0 radical (unpaired) electrons. The van der Waals surface area contributed by atoms with Gasteiger partial charge in [-0.15, -0.1) is 0 Å². The Balaban J connectivity index is 2.34. The molecule has 0 aliphatic carbocycles. The lowest BCUT2D eigenvalue weighted by Crippen LogP contribution is -2.25. The standard InChI is InChI=1S/C14H20ClN3O/c1-3-6-16-13(11-5-8-19-10-11)14-12(15)9-17-18(14)7-4-2/h5,8-10,13,16H,3-4,6-7H2,1-2H3. The molecule has 0 saturated heterocycles. The summed E-state index contributed by atoms with van der Waals surface area (Å²) in [6.07, 6.45) is 7.25. The van der Waals surface area contributed by atoms with Gasteiger partial charge in [-0.2, -0.15) is 5.10 Å². The highest BCUT2D eigenvalue weighted by molar-refractivity contribution is 6.31. The minimum atomic E-state index is 0.0280. The Labute approximate surface area is 118 Å². The number of aryl methyl sites for hydroxylation is 1. The van der Waals surface area contributed by atoms with Gasteiger partial charge in [-0.05, 0) is 25.5 Å². The van der Waals surface area contributed by atoms with Crippen molar-refractivity contribution in [1.82, 2.24) is 15.1 Å². The molecule has 0 saturated carbocycles. The van der Waals surface area contributed by atoms with E-state index >= 15 is 0 Å². The number of rotatable bonds is 7. The van der Waals surface area contributed by atoms with Gasteiger partial charge in [0.2, 0.25) is 0 Å². The first-order chi connectivity index (χ1) is 9.27. The maximum absolute atomic E-state index is 6.32. The van der Waals surface area contributed by atoms with E-state index in [1.54, 1.807) is 18.7 Å². The zero-order valence-corrected chi connectivity index (χ0v) is 12.2. The van der Waals surface area contributed by atoms with Gasteiger partial charge in [0, 0.05) is 12.1 Å². The first-order valence-electron chi connectivity index (χ1n) is 6.74.